The number of carbonyl (C=O) groups excluding carboxylic acids is 1. The quantitative estimate of drug-likeness (QED) is 0.658. The van der Waals surface area contributed by atoms with Gasteiger partial charge in [0.1, 0.15) is 10.6 Å². The number of carbonyl (C=O) groups is 1. The zero-order valence-corrected chi connectivity index (χ0v) is 18.1. The summed E-state index contributed by atoms with van der Waals surface area (Å²) in [4.78, 5) is 23.5. The van der Waals surface area contributed by atoms with Crippen molar-refractivity contribution in [2.24, 2.45) is 17.8 Å². The zero-order chi connectivity index (χ0) is 20.0. The third-order valence-corrected chi connectivity index (χ3v) is 7.97. The van der Waals surface area contributed by atoms with Gasteiger partial charge in [0.25, 0.3) is 0 Å². The van der Waals surface area contributed by atoms with Gasteiger partial charge in [-0.25, -0.2) is 9.97 Å². The lowest BCUT2D eigenvalue weighted by atomic mass is 9.50. The van der Waals surface area contributed by atoms with Crippen LogP contribution < -0.4 is 10.6 Å². The summed E-state index contributed by atoms with van der Waals surface area (Å²) in [6.45, 7) is 1.01. The number of rotatable bonds is 5. The molecule has 5 aliphatic rings. The second-order valence-corrected chi connectivity index (χ2v) is 10.1. The summed E-state index contributed by atoms with van der Waals surface area (Å²) in [5.41, 5.74) is -0.0993. The molecule has 0 radical (unpaired) electrons. The first-order valence-corrected chi connectivity index (χ1v) is 11.5. The van der Waals surface area contributed by atoms with Gasteiger partial charge in [-0.15, -0.1) is 0 Å². The number of nitrogens with one attached hydrogen (secondary N) is 2. The molecule has 1 aromatic rings. The van der Waals surface area contributed by atoms with E-state index in [4.69, 9.17) is 0 Å². The molecule has 4 atom stereocenters. The molecule has 4 saturated carbocycles. The Kier molecular flexibility index (Phi) is 4.99. The van der Waals surface area contributed by atoms with Gasteiger partial charge in [-0.3, -0.25) is 4.79 Å². The van der Waals surface area contributed by atoms with E-state index in [1.807, 2.05) is 6.07 Å². The number of hydrogen-bond donors (Lipinski definition) is 2. The van der Waals surface area contributed by atoms with Crippen molar-refractivity contribution in [3.8, 4) is 6.07 Å². The highest BCUT2D eigenvalue weighted by atomic mass is 79.9. The van der Waals surface area contributed by atoms with Crippen LogP contribution >= 0.6 is 15.9 Å². The lowest BCUT2D eigenvalue weighted by Crippen LogP contribution is -2.70. The van der Waals surface area contributed by atoms with Crippen molar-refractivity contribution in [1.82, 2.24) is 20.2 Å². The van der Waals surface area contributed by atoms with E-state index in [0.717, 1.165) is 42.1 Å². The summed E-state index contributed by atoms with van der Waals surface area (Å²) in [5, 5.41) is 16.7. The summed E-state index contributed by atoms with van der Waals surface area (Å²) in [6.07, 6.45) is 9.51. The molecule has 29 heavy (non-hydrogen) atoms. The molecule has 2 heterocycles. The molecule has 5 fully saturated rings. The fourth-order valence-corrected chi connectivity index (χ4v) is 6.93. The maximum absolute atomic E-state index is 12.9. The van der Waals surface area contributed by atoms with Crippen molar-refractivity contribution in [2.45, 2.75) is 62.6 Å². The minimum atomic E-state index is -0.260. The molecule has 1 amide bonds. The Bertz CT molecular complexity index is 827. The first kappa shape index (κ1) is 19.3. The van der Waals surface area contributed by atoms with E-state index in [2.05, 4.69) is 42.6 Å². The first-order valence-electron chi connectivity index (χ1n) is 10.8. The fourth-order valence-electron chi connectivity index (χ4n) is 6.65. The molecule has 2 N–H and O–H groups in total. The van der Waals surface area contributed by atoms with Crippen molar-refractivity contribution < 1.29 is 4.79 Å². The molecule has 0 spiro atoms. The number of hydrogen-bond acceptors (Lipinski definition) is 6. The van der Waals surface area contributed by atoms with E-state index < -0.39 is 0 Å². The van der Waals surface area contributed by atoms with Gasteiger partial charge < -0.3 is 15.5 Å². The number of amides is 1. The summed E-state index contributed by atoms with van der Waals surface area (Å²) >= 11 is 3.43. The highest BCUT2D eigenvalue weighted by Gasteiger charge is 2.57. The smallest absolute Gasteiger partial charge is 0.237 e. The molecule has 1 aromatic heterocycles. The maximum atomic E-state index is 12.9. The highest BCUT2D eigenvalue weighted by Crippen LogP contribution is 2.56. The predicted octanol–water partition coefficient (Wildman–Crippen LogP) is 2.70. The van der Waals surface area contributed by atoms with Crippen LogP contribution in [0.2, 0.25) is 0 Å². The predicted molar refractivity (Wildman–Crippen MR) is 112 cm³/mol. The second-order valence-electron chi connectivity index (χ2n) is 9.32. The van der Waals surface area contributed by atoms with Crippen molar-refractivity contribution >= 4 is 27.8 Å². The van der Waals surface area contributed by atoms with Gasteiger partial charge in [-0.1, -0.05) is 0 Å². The van der Waals surface area contributed by atoms with Crippen LogP contribution in [0, 0.1) is 29.1 Å². The summed E-state index contributed by atoms with van der Waals surface area (Å²) < 4.78 is 0.771. The number of aromatic nitrogens is 2. The van der Waals surface area contributed by atoms with Crippen molar-refractivity contribution in [3.05, 3.63) is 16.9 Å². The first-order chi connectivity index (χ1) is 14.1. The van der Waals surface area contributed by atoms with Crippen LogP contribution in [0.15, 0.2) is 16.9 Å². The van der Waals surface area contributed by atoms with Crippen LogP contribution in [0.1, 0.15) is 44.9 Å². The molecule has 8 heteroatoms. The number of nitriles is 1. The Morgan fingerprint density at radius 1 is 1.34 bits per heavy atom. The highest BCUT2D eigenvalue weighted by molar-refractivity contribution is 9.10. The van der Waals surface area contributed by atoms with E-state index in [9.17, 15) is 10.1 Å². The van der Waals surface area contributed by atoms with Gasteiger partial charge in [0.2, 0.25) is 11.9 Å². The molecule has 154 valence electrons. The molecule has 4 bridgehead atoms. The van der Waals surface area contributed by atoms with Crippen molar-refractivity contribution in [3.63, 3.8) is 0 Å². The molecule has 6 rings (SSSR count). The van der Waals surface area contributed by atoms with E-state index in [-0.39, 0.29) is 23.5 Å². The SMILES string of the molecule is N#CC1CCCN1C(=O)CNC12CC3CC(CC(C3)C1Nc1nccc(Br)n1)C2. The maximum Gasteiger partial charge on any atom is 0.237 e. The van der Waals surface area contributed by atoms with E-state index in [1.54, 1.807) is 11.1 Å². The Hall–Kier alpha value is -1.72. The Morgan fingerprint density at radius 3 is 2.86 bits per heavy atom. The second kappa shape index (κ2) is 7.51. The molecule has 7 nitrogen and oxygen atoms in total. The van der Waals surface area contributed by atoms with Gasteiger partial charge in [-0.2, -0.15) is 5.26 Å². The third kappa shape index (κ3) is 3.53. The Balaban J connectivity index is 1.35. The molecule has 0 aromatic carbocycles. The lowest BCUT2D eigenvalue weighted by Gasteiger charge is -2.61. The van der Waals surface area contributed by atoms with E-state index in [1.165, 1.54) is 19.3 Å². The lowest BCUT2D eigenvalue weighted by molar-refractivity contribution is -0.131. The zero-order valence-electron chi connectivity index (χ0n) is 16.5. The largest absolute Gasteiger partial charge is 0.349 e. The van der Waals surface area contributed by atoms with Gasteiger partial charge >= 0.3 is 0 Å². The van der Waals surface area contributed by atoms with Gasteiger partial charge in [-0.05, 0) is 84.7 Å². The van der Waals surface area contributed by atoms with Gasteiger partial charge in [0.15, 0.2) is 0 Å². The number of likely N-dealkylation sites (tertiary alicyclic amines) is 1. The average Bonchev–Trinajstić information content (AvgIpc) is 3.18. The van der Waals surface area contributed by atoms with E-state index >= 15 is 0 Å². The summed E-state index contributed by atoms with van der Waals surface area (Å²) in [5.74, 6) is 2.78. The summed E-state index contributed by atoms with van der Waals surface area (Å²) in [6, 6.07) is 4.07. The average molecular weight is 459 g/mol. The third-order valence-electron chi connectivity index (χ3n) is 7.53. The monoisotopic (exact) mass is 458 g/mol. The number of nitrogens with zero attached hydrogens (tertiary/aromatic N) is 4. The topological polar surface area (TPSA) is 93.9 Å². The van der Waals surface area contributed by atoms with Crippen LogP contribution in [-0.2, 0) is 4.79 Å². The van der Waals surface area contributed by atoms with Gasteiger partial charge in [0.05, 0.1) is 18.7 Å². The van der Waals surface area contributed by atoms with Crippen LogP contribution in [-0.4, -0.2) is 51.5 Å². The normalized spacial score (nSPS) is 37.5. The van der Waals surface area contributed by atoms with Crippen LogP contribution in [0.4, 0.5) is 5.95 Å². The minimum absolute atomic E-state index is 0.0576. The fraction of sp³-hybridized carbons (Fsp3) is 0.714. The van der Waals surface area contributed by atoms with Crippen LogP contribution in [0.3, 0.4) is 0 Å². The number of anilines is 1. The Morgan fingerprint density at radius 2 is 2.14 bits per heavy atom. The molecular weight excluding hydrogens is 432 g/mol. The Labute approximate surface area is 179 Å². The molecular formula is C21H27BrN6O. The molecule has 1 aliphatic heterocycles. The van der Waals surface area contributed by atoms with Crippen LogP contribution in [0.25, 0.3) is 0 Å². The standard InChI is InChI=1S/C21H27BrN6O/c22-17-3-4-24-20(26-17)27-19-15-7-13-6-14(8-15)10-21(19,9-13)25-12-18(29)28-5-1-2-16(28)11-23/h3-4,13-16,19,25H,1-2,5-10,12H2,(H,24,26,27). The van der Waals surface area contributed by atoms with Crippen molar-refractivity contribution in [2.75, 3.05) is 18.4 Å². The minimum Gasteiger partial charge on any atom is -0.349 e. The summed E-state index contributed by atoms with van der Waals surface area (Å²) in [7, 11) is 0. The van der Waals surface area contributed by atoms with Crippen LogP contribution in [0.5, 0.6) is 0 Å². The van der Waals surface area contributed by atoms with Gasteiger partial charge in [0, 0.05) is 18.3 Å². The van der Waals surface area contributed by atoms with E-state index in [0.29, 0.717) is 25.0 Å². The van der Waals surface area contributed by atoms with Crippen molar-refractivity contribution in [1.29, 1.82) is 5.26 Å². The molecule has 4 aliphatic carbocycles. The molecule has 1 saturated heterocycles. The molecule has 4 unspecified atom stereocenters. The number of halogens is 1.